The van der Waals surface area contributed by atoms with Crippen molar-refractivity contribution < 1.29 is 13.2 Å². The number of hydrogen-bond donors (Lipinski definition) is 3. The van der Waals surface area contributed by atoms with Crippen LogP contribution in [0.4, 0.5) is 13.2 Å². The number of alkyl halides is 3. The summed E-state index contributed by atoms with van der Waals surface area (Å²) in [6.45, 7) is 2.38. The Balaban J connectivity index is 1.81. The summed E-state index contributed by atoms with van der Waals surface area (Å²) in [4.78, 5) is 33.0. The van der Waals surface area contributed by atoms with E-state index >= 15 is 0 Å². The molecule has 3 heterocycles. The number of aryl methyl sites for hydroxylation is 1. The van der Waals surface area contributed by atoms with Crippen LogP contribution in [-0.4, -0.2) is 29.7 Å². The minimum Gasteiger partial charge on any atom is -0.318 e. The van der Waals surface area contributed by atoms with Crippen LogP contribution in [0.25, 0.3) is 22.6 Å². The summed E-state index contributed by atoms with van der Waals surface area (Å²) in [5.41, 5.74) is -0.0854. The maximum absolute atomic E-state index is 13.0. The van der Waals surface area contributed by atoms with Gasteiger partial charge >= 0.3 is 11.9 Å². The van der Waals surface area contributed by atoms with Crippen LogP contribution in [0.15, 0.2) is 40.1 Å². The number of hydrogen-bond acceptors (Lipinski definition) is 4. The van der Waals surface area contributed by atoms with Crippen LogP contribution < -0.4 is 11.2 Å². The summed E-state index contributed by atoms with van der Waals surface area (Å²) in [6.07, 6.45) is -2.09. The van der Waals surface area contributed by atoms with Crippen molar-refractivity contribution in [1.82, 2.24) is 29.7 Å². The Labute approximate surface area is 166 Å². The van der Waals surface area contributed by atoms with Gasteiger partial charge in [-0.2, -0.15) is 18.3 Å². The van der Waals surface area contributed by atoms with Crippen molar-refractivity contribution in [3.63, 3.8) is 0 Å². The third kappa shape index (κ3) is 3.53. The lowest BCUT2D eigenvalue weighted by atomic mass is 10.0. The number of H-pyrrole nitrogens is 3. The Morgan fingerprint density at radius 3 is 2.70 bits per heavy atom. The fourth-order valence-electron chi connectivity index (χ4n) is 3.42. The van der Waals surface area contributed by atoms with Gasteiger partial charge in [0.15, 0.2) is 11.2 Å². The lowest BCUT2D eigenvalue weighted by Gasteiger charge is -2.10. The van der Waals surface area contributed by atoms with Crippen molar-refractivity contribution in [1.29, 1.82) is 0 Å². The van der Waals surface area contributed by atoms with Crippen LogP contribution in [0.1, 0.15) is 30.2 Å². The third-order valence-electron chi connectivity index (χ3n) is 4.68. The zero-order chi connectivity index (χ0) is 21.5. The van der Waals surface area contributed by atoms with Gasteiger partial charge in [0.2, 0.25) is 0 Å². The molecule has 0 saturated heterocycles. The lowest BCUT2D eigenvalue weighted by molar-refractivity contribution is -0.137. The lowest BCUT2D eigenvalue weighted by Crippen LogP contribution is -2.23. The number of nitrogens with one attached hydrogen (secondary N) is 3. The van der Waals surface area contributed by atoms with Gasteiger partial charge in [-0.3, -0.25) is 19.9 Å². The summed E-state index contributed by atoms with van der Waals surface area (Å²) >= 11 is 0. The van der Waals surface area contributed by atoms with Crippen LogP contribution in [0.5, 0.6) is 0 Å². The van der Waals surface area contributed by atoms with Gasteiger partial charge < -0.3 is 4.57 Å². The molecule has 0 spiro atoms. The van der Waals surface area contributed by atoms with Gasteiger partial charge in [-0.1, -0.05) is 25.1 Å². The molecule has 8 nitrogen and oxygen atoms in total. The number of rotatable bonds is 5. The Hall–Kier alpha value is -3.63. The molecule has 0 aliphatic rings. The van der Waals surface area contributed by atoms with E-state index in [4.69, 9.17) is 0 Å². The summed E-state index contributed by atoms with van der Waals surface area (Å²) < 4.78 is 40.7. The Morgan fingerprint density at radius 2 is 1.97 bits per heavy atom. The predicted octanol–water partition coefficient (Wildman–Crippen LogP) is 2.82. The summed E-state index contributed by atoms with van der Waals surface area (Å²) in [6, 6.07) is 5.05. The second-order valence-electron chi connectivity index (χ2n) is 6.83. The Kier molecular flexibility index (Phi) is 4.80. The van der Waals surface area contributed by atoms with E-state index < -0.39 is 23.0 Å². The van der Waals surface area contributed by atoms with E-state index in [1.165, 1.54) is 12.3 Å². The molecule has 0 aliphatic carbocycles. The van der Waals surface area contributed by atoms with E-state index in [0.29, 0.717) is 35.6 Å². The number of nitrogens with zero attached hydrogens (tertiary/aromatic N) is 3. The zero-order valence-corrected chi connectivity index (χ0v) is 15.8. The molecule has 0 radical (unpaired) electrons. The fourth-order valence-corrected chi connectivity index (χ4v) is 3.42. The van der Waals surface area contributed by atoms with Gasteiger partial charge in [-0.15, -0.1) is 0 Å². The predicted molar refractivity (Wildman–Crippen MR) is 103 cm³/mol. The SMILES string of the molecule is CCCn1c(-c2cn[nH]c2Cc2cccc(C(F)(F)F)c2)nc2[nH]c(=O)[nH]c(=O)c21. The van der Waals surface area contributed by atoms with Crippen LogP contribution >= 0.6 is 0 Å². The van der Waals surface area contributed by atoms with Crippen molar-refractivity contribution >= 4 is 11.2 Å². The molecule has 3 N–H and O–H groups in total. The van der Waals surface area contributed by atoms with E-state index in [-0.39, 0.29) is 17.6 Å². The molecule has 156 valence electrons. The molecule has 0 bridgehead atoms. The summed E-state index contributed by atoms with van der Waals surface area (Å²) in [5.74, 6) is 0.398. The van der Waals surface area contributed by atoms with Crippen molar-refractivity contribution in [3.8, 4) is 11.4 Å². The maximum atomic E-state index is 13.0. The monoisotopic (exact) mass is 418 g/mol. The minimum absolute atomic E-state index is 0.137. The molecule has 11 heteroatoms. The second-order valence-corrected chi connectivity index (χ2v) is 6.83. The number of aromatic amines is 3. The number of fused-ring (bicyclic) bond motifs is 1. The average molecular weight is 418 g/mol. The van der Waals surface area contributed by atoms with Crippen molar-refractivity contribution in [2.45, 2.75) is 32.5 Å². The Bertz CT molecular complexity index is 1330. The molecule has 4 aromatic rings. The summed E-state index contributed by atoms with van der Waals surface area (Å²) in [7, 11) is 0. The molecule has 0 saturated carbocycles. The molecule has 30 heavy (non-hydrogen) atoms. The number of halogens is 3. The molecule has 0 amide bonds. The number of aromatic nitrogens is 6. The van der Waals surface area contributed by atoms with E-state index in [2.05, 4.69) is 25.1 Å². The van der Waals surface area contributed by atoms with E-state index in [9.17, 15) is 22.8 Å². The van der Waals surface area contributed by atoms with Crippen LogP contribution in [0.3, 0.4) is 0 Å². The van der Waals surface area contributed by atoms with Gasteiger partial charge in [0.1, 0.15) is 5.82 Å². The van der Waals surface area contributed by atoms with Crippen molar-refractivity contribution in [2.75, 3.05) is 0 Å². The van der Waals surface area contributed by atoms with Crippen LogP contribution in [0.2, 0.25) is 0 Å². The first-order valence-corrected chi connectivity index (χ1v) is 9.19. The number of imidazole rings is 1. The van der Waals surface area contributed by atoms with Gasteiger partial charge in [0, 0.05) is 13.0 Å². The Morgan fingerprint density at radius 1 is 1.17 bits per heavy atom. The molecule has 3 aromatic heterocycles. The zero-order valence-electron chi connectivity index (χ0n) is 15.8. The summed E-state index contributed by atoms with van der Waals surface area (Å²) in [5, 5.41) is 6.83. The van der Waals surface area contributed by atoms with Crippen LogP contribution in [-0.2, 0) is 19.1 Å². The second kappa shape index (κ2) is 7.32. The largest absolute Gasteiger partial charge is 0.416 e. The standard InChI is InChI=1S/C19H17F3N6O2/c1-2-6-28-14-15(25-18(30)26-17(14)29)24-16(28)12-9-23-27-13(12)8-10-4-3-5-11(7-10)19(20,21)22/h3-5,7,9H,2,6,8H2,1H3,(H,23,27)(H2,25,26,29,30). The molecule has 0 atom stereocenters. The molecule has 0 fully saturated rings. The van der Waals surface area contributed by atoms with Crippen molar-refractivity contribution in [2.24, 2.45) is 0 Å². The van der Waals surface area contributed by atoms with Gasteiger partial charge in [-0.25, -0.2) is 9.78 Å². The van der Waals surface area contributed by atoms with E-state index in [1.807, 2.05) is 6.92 Å². The van der Waals surface area contributed by atoms with E-state index in [0.717, 1.165) is 12.1 Å². The number of benzene rings is 1. The highest BCUT2D eigenvalue weighted by Gasteiger charge is 2.30. The smallest absolute Gasteiger partial charge is 0.318 e. The topological polar surface area (TPSA) is 112 Å². The highest BCUT2D eigenvalue weighted by atomic mass is 19.4. The van der Waals surface area contributed by atoms with E-state index in [1.54, 1.807) is 10.6 Å². The first kappa shape index (κ1) is 19.7. The highest BCUT2D eigenvalue weighted by molar-refractivity contribution is 5.76. The first-order valence-electron chi connectivity index (χ1n) is 9.19. The molecule has 0 unspecified atom stereocenters. The molecule has 4 rings (SSSR count). The normalized spacial score (nSPS) is 12.0. The molecule has 0 aliphatic heterocycles. The molecule has 1 aromatic carbocycles. The van der Waals surface area contributed by atoms with Crippen LogP contribution in [0, 0.1) is 0 Å². The molecular weight excluding hydrogens is 401 g/mol. The first-order chi connectivity index (χ1) is 14.3. The van der Waals surface area contributed by atoms with Gasteiger partial charge in [-0.05, 0) is 18.1 Å². The van der Waals surface area contributed by atoms with Crippen molar-refractivity contribution in [3.05, 3.63) is 68.1 Å². The highest BCUT2D eigenvalue weighted by Crippen LogP contribution is 2.31. The third-order valence-corrected chi connectivity index (χ3v) is 4.68. The van der Waals surface area contributed by atoms with Gasteiger partial charge in [0.05, 0.1) is 23.0 Å². The average Bonchev–Trinajstić information content (AvgIpc) is 3.26. The minimum atomic E-state index is -4.44. The maximum Gasteiger partial charge on any atom is 0.416 e. The molecular formula is C19H17F3N6O2. The quantitative estimate of drug-likeness (QED) is 0.463. The fraction of sp³-hybridized carbons (Fsp3) is 0.263. The van der Waals surface area contributed by atoms with Gasteiger partial charge in [0.25, 0.3) is 5.56 Å².